The van der Waals surface area contributed by atoms with Crippen LogP contribution in [0.15, 0.2) is 66.9 Å². The lowest BCUT2D eigenvalue weighted by atomic mass is 10.0. The van der Waals surface area contributed by atoms with E-state index in [1.54, 1.807) is 43.7 Å². The van der Waals surface area contributed by atoms with Crippen LogP contribution >= 0.6 is 0 Å². The van der Waals surface area contributed by atoms with E-state index in [9.17, 15) is 9.59 Å². The van der Waals surface area contributed by atoms with Crippen molar-refractivity contribution in [2.75, 3.05) is 7.11 Å². The summed E-state index contributed by atoms with van der Waals surface area (Å²) in [5.74, 6) is 0.165. The molecule has 0 N–H and O–H groups in total. The third-order valence-electron chi connectivity index (χ3n) is 4.35. The van der Waals surface area contributed by atoms with Crippen LogP contribution in [0.5, 0.6) is 5.75 Å². The number of benzene rings is 3. The topological polar surface area (TPSA) is 46.6 Å². The SMILES string of the molecule is COc1ccc2cccc(/C=C/N3C(=O)c4ccccc4C3=O)c2c1. The second kappa shape index (κ2) is 5.91. The van der Waals surface area contributed by atoms with Gasteiger partial charge in [0.25, 0.3) is 11.8 Å². The van der Waals surface area contributed by atoms with E-state index < -0.39 is 0 Å². The van der Waals surface area contributed by atoms with Crippen molar-refractivity contribution in [1.82, 2.24) is 4.90 Å². The molecule has 0 unspecified atom stereocenters. The summed E-state index contributed by atoms with van der Waals surface area (Å²) in [6.07, 6.45) is 3.32. The molecule has 0 radical (unpaired) electrons. The van der Waals surface area contributed by atoms with Crippen molar-refractivity contribution in [3.8, 4) is 5.75 Å². The van der Waals surface area contributed by atoms with Crippen LogP contribution < -0.4 is 4.74 Å². The van der Waals surface area contributed by atoms with E-state index in [0.29, 0.717) is 11.1 Å². The maximum absolute atomic E-state index is 12.4. The van der Waals surface area contributed by atoms with Crippen molar-refractivity contribution in [3.63, 3.8) is 0 Å². The fraction of sp³-hybridized carbons (Fsp3) is 0.0476. The molecule has 4 heteroatoms. The second-order valence-corrected chi connectivity index (χ2v) is 5.78. The van der Waals surface area contributed by atoms with Crippen LogP contribution in [-0.2, 0) is 0 Å². The van der Waals surface area contributed by atoms with Crippen molar-refractivity contribution < 1.29 is 14.3 Å². The standard InChI is InChI=1S/C21H15NO3/c1-25-16-10-9-14-5-4-6-15(19(14)13-16)11-12-22-20(23)17-7-2-3-8-18(17)21(22)24/h2-13H,1H3/b12-11+. The van der Waals surface area contributed by atoms with Crippen LogP contribution in [0.2, 0.25) is 0 Å². The van der Waals surface area contributed by atoms with Crippen molar-refractivity contribution in [3.05, 3.63) is 83.6 Å². The van der Waals surface area contributed by atoms with E-state index in [-0.39, 0.29) is 11.8 Å². The molecular weight excluding hydrogens is 314 g/mol. The number of nitrogens with zero attached hydrogens (tertiary/aromatic N) is 1. The van der Waals surface area contributed by atoms with Gasteiger partial charge in [-0.15, -0.1) is 0 Å². The van der Waals surface area contributed by atoms with Crippen LogP contribution in [0.25, 0.3) is 16.8 Å². The minimum atomic E-state index is -0.297. The number of hydrogen-bond donors (Lipinski definition) is 0. The number of amides is 2. The highest BCUT2D eigenvalue weighted by Crippen LogP contribution is 2.27. The van der Waals surface area contributed by atoms with E-state index in [1.807, 2.05) is 36.4 Å². The van der Waals surface area contributed by atoms with E-state index in [2.05, 4.69) is 0 Å². The van der Waals surface area contributed by atoms with Crippen molar-refractivity contribution in [1.29, 1.82) is 0 Å². The molecule has 0 aliphatic carbocycles. The van der Waals surface area contributed by atoms with Gasteiger partial charge in [-0.2, -0.15) is 0 Å². The molecule has 2 amide bonds. The number of carbonyl (C=O) groups excluding carboxylic acids is 2. The van der Waals surface area contributed by atoms with E-state index >= 15 is 0 Å². The molecule has 0 spiro atoms. The molecule has 0 saturated carbocycles. The zero-order chi connectivity index (χ0) is 17.4. The first-order valence-electron chi connectivity index (χ1n) is 7.91. The van der Waals surface area contributed by atoms with E-state index in [1.165, 1.54) is 0 Å². The lowest BCUT2D eigenvalue weighted by molar-refractivity contribution is 0.0722. The summed E-state index contributed by atoms with van der Waals surface area (Å²) in [6, 6.07) is 18.6. The van der Waals surface area contributed by atoms with Gasteiger partial charge in [-0.25, -0.2) is 4.90 Å². The number of imide groups is 1. The first-order valence-corrected chi connectivity index (χ1v) is 7.91. The maximum Gasteiger partial charge on any atom is 0.265 e. The monoisotopic (exact) mass is 329 g/mol. The zero-order valence-electron chi connectivity index (χ0n) is 13.6. The number of fused-ring (bicyclic) bond motifs is 2. The lowest BCUT2D eigenvalue weighted by Crippen LogP contribution is -2.23. The van der Waals surface area contributed by atoms with Crippen molar-refractivity contribution in [2.24, 2.45) is 0 Å². The molecule has 3 aromatic rings. The second-order valence-electron chi connectivity index (χ2n) is 5.78. The van der Waals surface area contributed by atoms with Gasteiger partial charge in [0, 0.05) is 6.20 Å². The summed E-state index contributed by atoms with van der Waals surface area (Å²) in [6.45, 7) is 0. The normalized spacial score (nSPS) is 13.7. The predicted octanol–water partition coefficient (Wildman–Crippen LogP) is 4.12. The van der Waals surface area contributed by atoms with Gasteiger partial charge in [-0.1, -0.05) is 36.4 Å². The Labute approximate surface area is 144 Å². The highest BCUT2D eigenvalue weighted by Gasteiger charge is 2.33. The van der Waals surface area contributed by atoms with Gasteiger partial charge < -0.3 is 4.74 Å². The van der Waals surface area contributed by atoms with Gasteiger partial charge in [-0.05, 0) is 46.7 Å². The third kappa shape index (κ3) is 2.48. The Hall–Kier alpha value is -3.40. The average molecular weight is 329 g/mol. The molecule has 4 nitrogen and oxygen atoms in total. The van der Waals surface area contributed by atoms with Crippen molar-refractivity contribution in [2.45, 2.75) is 0 Å². The van der Waals surface area contributed by atoms with Gasteiger partial charge in [0.2, 0.25) is 0 Å². The Morgan fingerprint density at radius 3 is 2.28 bits per heavy atom. The Morgan fingerprint density at radius 1 is 0.880 bits per heavy atom. The first kappa shape index (κ1) is 15.1. The molecule has 0 atom stereocenters. The van der Waals surface area contributed by atoms with Gasteiger partial charge in [0.05, 0.1) is 18.2 Å². The first-order chi connectivity index (χ1) is 12.2. The smallest absolute Gasteiger partial charge is 0.265 e. The molecule has 0 bridgehead atoms. The predicted molar refractivity (Wildman–Crippen MR) is 96.5 cm³/mol. The van der Waals surface area contributed by atoms with E-state index in [4.69, 9.17) is 4.74 Å². The molecule has 25 heavy (non-hydrogen) atoms. The molecule has 0 fully saturated rings. The van der Waals surface area contributed by atoms with Crippen LogP contribution in [-0.4, -0.2) is 23.8 Å². The Morgan fingerprint density at radius 2 is 1.60 bits per heavy atom. The summed E-state index contributed by atoms with van der Waals surface area (Å²) in [4.78, 5) is 26.0. The highest BCUT2D eigenvalue weighted by molar-refractivity contribution is 6.22. The summed E-state index contributed by atoms with van der Waals surface area (Å²) < 4.78 is 5.29. The van der Waals surface area contributed by atoms with Gasteiger partial charge >= 0.3 is 0 Å². The Bertz CT molecular complexity index is 1000. The Kier molecular flexibility index (Phi) is 3.58. The molecule has 4 rings (SSSR count). The average Bonchev–Trinajstić information content (AvgIpc) is 2.90. The molecule has 0 aromatic heterocycles. The quantitative estimate of drug-likeness (QED) is 0.679. The van der Waals surface area contributed by atoms with Gasteiger partial charge in [0.15, 0.2) is 0 Å². The summed E-state index contributed by atoms with van der Waals surface area (Å²) >= 11 is 0. The molecule has 1 aliphatic heterocycles. The number of rotatable bonds is 3. The van der Waals surface area contributed by atoms with Crippen LogP contribution in [0.1, 0.15) is 26.3 Å². The minimum Gasteiger partial charge on any atom is -0.497 e. The lowest BCUT2D eigenvalue weighted by Gasteiger charge is -2.09. The molecule has 1 aliphatic rings. The summed E-state index contributed by atoms with van der Waals surface area (Å²) in [5, 5.41) is 2.06. The van der Waals surface area contributed by atoms with Crippen LogP contribution in [0, 0.1) is 0 Å². The third-order valence-corrected chi connectivity index (χ3v) is 4.35. The fourth-order valence-electron chi connectivity index (χ4n) is 3.05. The molecule has 122 valence electrons. The van der Waals surface area contributed by atoms with Gasteiger partial charge in [-0.3, -0.25) is 9.59 Å². The molecule has 1 heterocycles. The zero-order valence-corrected chi connectivity index (χ0v) is 13.6. The van der Waals surface area contributed by atoms with Crippen LogP contribution in [0.4, 0.5) is 0 Å². The number of methoxy groups -OCH3 is 1. The largest absolute Gasteiger partial charge is 0.497 e. The minimum absolute atomic E-state index is 0.297. The molecule has 3 aromatic carbocycles. The molecular formula is C21H15NO3. The number of carbonyl (C=O) groups is 2. The van der Waals surface area contributed by atoms with E-state index in [0.717, 1.165) is 27.0 Å². The van der Waals surface area contributed by atoms with Crippen molar-refractivity contribution >= 4 is 28.7 Å². The summed E-state index contributed by atoms with van der Waals surface area (Å²) in [7, 11) is 1.62. The van der Waals surface area contributed by atoms with Gasteiger partial charge in [0.1, 0.15) is 5.75 Å². The molecule has 0 saturated heterocycles. The summed E-state index contributed by atoms with van der Waals surface area (Å²) in [5.41, 5.74) is 1.79. The number of hydrogen-bond acceptors (Lipinski definition) is 3. The maximum atomic E-state index is 12.4. The highest BCUT2D eigenvalue weighted by atomic mass is 16.5. The fourth-order valence-corrected chi connectivity index (χ4v) is 3.05. The van der Waals surface area contributed by atoms with Crippen LogP contribution in [0.3, 0.4) is 0 Å². The Balaban J connectivity index is 1.73. The number of ether oxygens (including phenoxy) is 1.